The number of nitro benzene ring substituents is 1. The first-order valence-corrected chi connectivity index (χ1v) is 6.81. The number of hydrogen-bond donors (Lipinski definition) is 1. The van der Waals surface area contributed by atoms with Gasteiger partial charge in [-0.25, -0.2) is 0 Å². The Bertz CT molecular complexity index is 548. The summed E-state index contributed by atoms with van der Waals surface area (Å²) in [4.78, 5) is 12.4. The summed E-state index contributed by atoms with van der Waals surface area (Å²) in [6.45, 7) is 1.90. The second-order valence-corrected chi connectivity index (χ2v) is 4.85. The second kappa shape index (κ2) is 7.02. The molecule has 0 bridgehead atoms. The van der Waals surface area contributed by atoms with Gasteiger partial charge in [-0.3, -0.25) is 10.1 Å². The van der Waals surface area contributed by atoms with E-state index >= 15 is 0 Å². The highest BCUT2D eigenvalue weighted by Crippen LogP contribution is 2.27. The standard InChI is InChI=1S/C14H17N3O4/c15-10-11-9-12(1-2-14(11)17(19)20)16-5-3-13(4-6-16)21-8-7-18/h1-2,9,13,18H,3-8H2. The molecule has 0 unspecified atom stereocenters. The minimum atomic E-state index is -0.544. The van der Waals surface area contributed by atoms with E-state index in [-0.39, 0.29) is 24.0 Å². The maximum atomic E-state index is 10.8. The smallest absolute Gasteiger partial charge is 0.287 e. The third kappa shape index (κ3) is 3.68. The molecule has 1 aliphatic heterocycles. The lowest BCUT2D eigenvalue weighted by atomic mass is 10.1. The number of benzene rings is 1. The van der Waals surface area contributed by atoms with E-state index in [4.69, 9.17) is 15.1 Å². The van der Waals surface area contributed by atoms with E-state index in [2.05, 4.69) is 4.90 Å². The molecule has 0 amide bonds. The highest BCUT2D eigenvalue weighted by Gasteiger charge is 2.22. The predicted molar refractivity (Wildman–Crippen MR) is 76.1 cm³/mol. The van der Waals surface area contributed by atoms with Gasteiger partial charge in [-0.15, -0.1) is 0 Å². The summed E-state index contributed by atoms with van der Waals surface area (Å²) in [5, 5.41) is 28.6. The number of piperidine rings is 1. The molecule has 1 saturated heterocycles. The number of aliphatic hydroxyl groups is 1. The van der Waals surface area contributed by atoms with Gasteiger partial charge >= 0.3 is 0 Å². The van der Waals surface area contributed by atoms with Crippen LogP contribution in [0.25, 0.3) is 0 Å². The van der Waals surface area contributed by atoms with E-state index in [0.29, 0.717) is 6.61 Å². The molecule has 0 aliphatic carbocycles. The number of aliphatic hydroxyl groups excluding tert-OH is 1. The van der Waals surface area contributed by atoms with Crippen molar-refractivity contribution in [2.45, 2.75) is 18.9 Å². The molecular formula is C14H17N3O4. The number of hydrogen-bond acceptors (Lipinski definition) is 6. The minimum absolute atomic E-state index is 0.0219. The van der Waals surface area contributed by atoms with Crippen molar-refractivity contribution in [1.29, 1.82) is 5.26 Å². The van der Waals surface area contributed by atoms with Crippen LogP contribution in [0.3, 0.4) is 0 Å². The van der Waals surface area contributed by atoms with Crippen LogP contribution in [0.15, 0.2) is 18.2 Å². The van der Waals surface area contributed by atoms with Crippen molar-refractivity contribution in [3.63, 3.8) is 0 Å². The number of rotatable bonds is 5. The fourth-order valence-corrected chi connectivity index (χ4v) is 2.47. The fourth-order valence-electron chi connectivity index (χ4n) is 2.47. The molecule has 1 aliphatic rings. The number of anilines is 1. The molecule has 1 heterocycles. The lowest BCUT2D eigenvalue weighted by Crippen LogP contribution is -2.37. The first-order valence-electron chi connectivity index (χ1n) is 6.81. The van der Waals surface area contributed by atoms with Crippen LogP contribution in [-0.4, -0.2) is 42.4 Å². The van der Waals surface area contributed by atoms with Gasteiger partial charge in [0.1, 0.15) is 11.6 Å². The second-order valence-electron chi connectivity index (χ2n) is 4.85. The van der Waals surface area contributed by atoms with Crippen molar-refractivity contribution < 1.29 is 14.8 Å². The molecule has 7 nitrogen and oxygen atoms in total. The first-order chi connectivity index (χ1) is 10.2. The quantitative estimate of drug-likeness (QED) is 0.651. The average Bonchev–Trinajstić information content (AvgIpc) is 2.52. The van der Waals surface area contributed by atoms with Crippen molar-refractivity contribution in [1.82, 2.24) is 0 Å². The van der Waals surface area contributed by atoms with Gasteiger partial charge in [0.25, 0.3) is 5.69 Å². The zero-order valence-corrected chi connectivity index (χ0v) is 11.6. The molecule has 1 aromatic carbocycles. The van der Waals surface area contributed by atoms with Crippen molar-refractivity contribution >= 4 is 11.4 Å². The van der Waals surface area contributed by atoms with Crippen LogP contribution < -0.4 is 4.90 Å². The molecule has 0 atom stereocenters. The van der Waals surface area contributed by atoms with Gasteiger partial charge in [-0.2, -0.15) is 5.26 Å². The Hall–Kier alpha value is -2.17. The molecule has 2 rings (SSSR count). The number of ether oxygens (including phenoxy) is 1. The maximum Gasteiger partial charge on any atom is 0.287 e. The van der Waals surface area contributed by atoms with Gasteiger partial charge in [0.15, 0.2) is 0 Å². The zero-order chi connectivity index (χ0) is 15.2. The van der Waals surface area contributed by atoms with Crippen molar-refractivity contribution in [2.24, 2.45) is 0 Å². The van der Waals surface area contributed by atoms with Crippen LogP contribution in [0, 0.1) is 21.4 Å². The normalized spacial score (nSPS) is 15.7. The molecule has 112 valence electrons. The van der Waals surface area contributed by atoms with Crippen LogP contribution in [0.5, 0.6) is 0 Å². The average molecular weight is 291 g/mol. The Morgan fingerprint density at radius 1 is 1.48 bits per heavy atom. The number of nitro groups is 1. The summed E-state index contributed by atoms with van der Waals surface area (Å²) in [6.07, 6.45) is 1.81. The van der Waals surface area contributed by atoms with E-state index in [9.17, 15) is 10.1 Å². The highest BCUT2D eigenvalue weighted by molar-refractivity contribution is 5.60. The number of nitriles is 1. The summed E-state index contributed by atoms with van der Waals surface area (Å²) < 4.78 is 5.49. The van der Waals surface area contributed by atoms with Gasteiger partial charge < -0.3 is 14.7 Å². The molecule has 0 radical (unpaired) electrons. The van der Waals surface area contributed by atoms with E-state index in [1.165, 1.54) is 6.07 Å². The molecule has 21 heavy (non-hydrogen) atoms. The van der Waals surface area contributed by atoms with Crippen LogP contribution in [0.2, 0.25) is 0 Å². The Morgan fingerprint density at radius 2 is 2.19 bits per heavy atom. The Labute approximate surface area is 122 Å². The van der Waals surface area contributed by atoms with Gasteiger partial charge in [-0.1, -0.05) is 0 Å². The molecule has 1 fully saturated rings. The largest absolute Gasteiger partial charge is 0.394 e. The Kier molecular flexibility index (Phi) is 5.09. The lowest BCUT2D eigenvalue weighted by Gasteiger charge is -2.33. The SMILES string of the molecule is N#Cc1cc(N2CCC(OCCO)CC2)ccc1[N+](=O)[O-]. The van der Waals surface area contributed by atoms with Crippen LogP contribution in [0.1, 0.15) is 18.4 Å². The van der Waals surface area contributed by atoms with Crippen LogP contribution in [-0.2, 0) is 4.74 Å². The predicted octanol–water partition coefficient (Wildman–Crippen LogP) is 1.44. The summed E-state index contributed by atoms with van der Waals surface area (Å²) in [7, 11) is 0. The topological polar surface area (TPSA) is 99.6 Å². The van der Waals surface area contributed by atoms with Crippen molar-refractivity contribution in [3.8, 4) is 6.07 Å². The molecule has 0 aromatic heterocycles. The summed E-state index contributed by atoms with van der Waals surface area (Å²) in [5.41, 5.74) is 0.733. The molecule has 0 spiro atoms. The van der Waals surface area contributed by atoms with E-state index < -0.39 is 4.92 Å². The van der Waals surface area contributed by atoms with Gasteiger partial charge in [-0.05, 0) is 25.0 Å². The van der Waals surface area contributed by atoms with E-state index in [1.807, 2.05) is 6.07 Å². The Morgan fingerprint density at radius 3 is 2.76 bits per heavy atom. The summed E-state index contributed by atoms with van der Waals surface area (Å²) in [5.74, 6) is 0. The molecule has 1 N–H and O–H groups in total. The lowest BCUT2D eigenvalue weighted by molar-refractivity contribution is -0.385. The summed E-state index contributed by atoms with van der Waals surface area (Å²) >= 11 is 0. The molecular weight excluding hydrogens is 274 g/mol. The van der Waals surface area contributed by atoms with Crippen molar-refractivity contribution in [3.05, 3.63) is 33.9 Å². The Balaban J connectivity index is 2.04. The third-order valence-electron chi connectivity index (χ3n) is 3.55. The van der Waals surface area contributed by atoms with Gasteiger partial charge in [0.05, 0.1) is 24.2 Å². The van der Waals surface area contributed by atoms with Crippen LogP contribution >= 0.6 is 0 Å². The van der Waals surface area contributed by atoms with Crippen LogP contribution in [0.4, 0.5) is 11.4 Å². The minimum Gasteiger partial charge on any atom is -0.394 e. The molecule has 1 aromatic rings. The van der Waals surface area contributed by atoms with E-state index in [0.717, 1.165) is 31.6 Å². The maximum absolute atomic E-state index is 10.8. The molecule has 7 heteroatoms. The monoisotopic (exact) mass is 291 g/mol. The first kappa shape index (κ1) is 15.2. The summed E-state index contributed by atoms with van der Waals surface area (Å²) in [6, 6.07) is 6.49. The highest BCUT2D eigenvalue weighted by atomic mass is 16.6. The zero-order valence-electron chi connectivity index (χ0n) is 11.6. The van der Waals surface area contributed by atoms with E-state index in [1.54, 1.807) is 12.1 Å². The number of nitrogens with zero attached hydrogens (tertiary/aromatic N) is 3. The van der Waals surface area contributed by atoms with Gasteiger partial charge in [0.2, 0.25) is 0 Å². The van der Waals surface area contributed by atoms with Gasteiger partial charge in [0, 0.05) is 24.8 Å². The molecule has 0 saturated carbocycles. The van der Waals surface area contributed by atoms with Crippen molar-refractivity contribution in [2.75, 3.05) is 31.2 Å². The third-order valence-corrected chi connectivity index (χ3v) is 3.55. The fraction of sp³-hybridized carbons (Fsp3) is 0.500.